The predicted octanol–water partition coefficient (Wildman–Crippen LogP) is 4.41. The van der Waals surface area contributed by atoms with Crippen molar-refractivity contribution < 1.29 is 9.13 Å². The fourth-order valence-electron chi connectivity index (χ4n) is 3.05. The number of pyridine rings is 1. The van der Waals surface area contributed by atoms with Crippen LogP contribution >= 0.6 is 0 Å². The summed E-state index contributed by atoms with van der Waals surface area (Å²) in [6.45, 7) is 1.91. The molecular weight excluding hydrogens is 345 g/mol. The average molecular weight is 363 g/mol. The number of hydrogen-bond donors (Lipinski definition) is 3. The van der Waals surface area contributed by atoms with Crippen LogP contribution in [-0.4, -0.2) is 22.3 Å². The van der Waals surface area contributed by atoms with Crippen LogP contribution in [0.4, 0.5) is 21.8 Å². The highest BCUT2D eigenvalue weighted by atomic mass is 19.1. The van der Waals surface area contributed by atoms with Crippen molar-refractivity contribution >= 4 is 28.2 Å². The van der Waals surface area contributed by atoms with Gasteiger partial charge in [-0.05, 0) is 42.8 Å². The molecule has 0 saturated carbocycles. The monoisotopic (exact) mass is 363 g/mol. The number of H-pyrrole nitrogens is 1. The van der Waals surface area contributed by atoms with Crippen LogP contribution in [0.5, 0.6) is 5.75 Å². The van der Waals surface area contributed by atoms with E-state index < -0.39 is 0 Å². The summed E-state index contributed by atoms with van der Waals surface area (Å²) >= 11 is 0. The van der Waals surface area contributed by atoms with E-state index in [1.54, 1.807) is 19.2 Å². The number of aryl methyl sites for hydroxylation is 1. The third-order valence-electron chi connectivity index (χ3n) is 4.33. The van der Waals surface area contributed by atoms with Gasteiger partial charge in [0, 0.05) is 28.1 Å². The van der Waals surface area contributed by atoms with Crippen molar-refractivity contribution in [2.75, 3.05) is 18.2 Å². The molecule has 2 aromatic heterocycles. The fraction of sp³-hybridized carbons (Fsp3) is 0.100. The first kappa shape index (κ1) is 16.8. The highest BCUT2D eigenvalue weighted by Crippen LogP contribution is 2.39. The Balaban J connectivity index is 1.99. The van der Waals surface area contributed by atoms with E-state index in [4.69, 9.17) is 10.5 Å². The van der Waals surface area contributed by atoms with Gasteiger partial charge in [-0.15, -0.1) is 0 Å². The number of rotatable bonds is 4. The Bertz CT molecular complexity index is 1120. The van der Waals surface area contributed by atoms with Crippen LogP contribution in [0, 0.1) is 12.7 Å². The van der Waals surface area contributed by atoms with E-state index in [2.05, 4.69) is 20.5 Å². The molecule has 0 amide bonds. The molecule has 4 N–H and O–H groups in total. The van der Waals surface area contributed by atoms with Crippen LogP contribution in [0.1, 0.15) is 5.69 Å². The van der Waals surface area contributed by atoms with Crippen molar-refractivity contribution in [3.05, 3.63) is 60.0 Å². The minimum atomic E-state index is -0.304. The van der Waals surface area contributed by atoms with Gasteiger partial charge >= 0.3 is 0 Å². The molecule has 0 spiro atoms. The van der Waals surface area contributed by atoms with Crippen molar-refractivity contribution in [2.24, 2.45) is 0 Å². The lowest BCUT2D eigenvalue weighted by atomic mass is 9.98. The normalized spacial score (nSPS) is 10.9. The van der Waals surface area contributed by atoms with E-state index in [0.29, 0.717) is 23.2 Å². The molecule has 0 radical (unpaired) electrons. The van der Waals surface area contributed by atoms with Gasteiger partial charge in [-0.25, -0.2) is 9.37 Å². The van der Waals surface area contributed by atoms with Crippen molar-refractivity contribution in [3.63, 3.8) is 0 Å². The molecule has 0 fully saturated rings. The maximum atomic E-state index is 13.5. The molecule has 4 rings (SSSR count). The number of benzene rings is 2. The molecule has 2 aromatic carbocycles. The molecular formula is C20H18FN5O. The summed E-state index contributed by atoms with van der Waals surface area (Å²) in [6, 6.07) is 13.7. The van der Waals surface area contributed by atoms with Crippen molar-refractivity contribution in [1.82, 2.24) is 15.2 Å². The van der Waals surface area contributed by atoms with Crippen molar-refractivity contribution in [2.45, 2.75) is 6.92 Å². The number of nitrogens with zero attached hydrogens (tertiary/aromatic N) is 2. The molecule has 2 heterocycles. The molecule has 136 valence electrons. The van der Waals surface area contributed by atoms with Gasteiger partial charge in [0.15, 0.2) is 5.82 Å². The Kier molecular flexibility index (Phi) is 4.12. The van der Waals surface area contributed by atoms with E-state index in [-0.39, 0.29) is 5.82 Å². The summed E-state index contributed by atoms with van der Waals surface area (Å²) in [5, 5.41) is 11.9. The predicted molar refractivity (Wildman–Crippen MR) is 105 cm³/mol. The van der Waals surface area contributed by atoms with Crippen molar-refractivity contribution in [1.29, 1.82) is 0 Å². The second kappa shape index (κ2) is 6.60. The Morgan fingerprint density at radius 2 is 1.85 bits per heavy atom. The zero-order valence-electron chi connectivity index (χ0n) is 14.9. The Morgan fingerprint density at radius 1 is 1.07 bits per heavy atom. The first-order valence-electron chi connectivity index (χ1n) is 8.37. The molecule has 0 saturated heterocycles. The average Bonchev–Trinajstić information content (AvgIpc) is 3.07. The Hall–Kier alpha value is -3.61. The zero-order valence-corrected chi connectivity index (χ0v) is 14.9. The summed E-state index contributed by atoms with van der Waals surface area (Å²) in [5.74, 6) is 1.92. The molecule has 0 bridgehead atoms. The first-order chi connectivity index (χ1) is 13.0. The number of ether oxygens (including phenoxy) is 1. The van der Waals surface area contributed by atoms with Crippen LogP contribution in [0.3, 0.4) is 0 Å². The van der Waals surface area contributed by atoms with Gasteiger partial charge in [0.2, 0.25) is 0 Å². The molecule has 27 heavy (non-hydrogen) atoms. The molecule has 0 atom stereocenters. The number of fused-ring (bicyclic) bond motifs is 1. The lowest BCUT2D eigenvalue weighted by Gasteiger charge is -2.15. The van der Waals surface area contributed by atoms with E-state index in [9.17, 15) is 4.39 Å². The number of nitrogens with two attached hydrogens (primary N) is 1. The van der Waals surface area contributed by atoms with Gasteiger partial charge in [-0.2, -0.15) is 5.10 Å². The molecule has 0 aliphatic heterocycles. The Morgan fingerprint density at radius 3 is 2.52 bits per heavy atom. The summed E-state index contributed by atoms with van der Waals surface area (Å²) in [6.07, 6.45) is 0. The quantitative estimate of drug-likeness (QED) is 0.500. The van der Waals surface area contributed by atoms with Gasteiger partial charge in [0.05, 0.1) is 7.11 Å². The number of aromatic amines is 1. The number of hydrogen-bond acceptors (Lipinski definition) is 5. The SMILES string of the molecule is COc1ccc2c(N)nc(Nc3cc(C)[nH]n3)c(-c3ccc(F)cc3)c2c1. The maximum absolute atomic E-state index is 13.5. The number of aromatic nitrogens is 3. The van der Waals surface area contributed by atoms with Crippen LogP contribution in [-0.2, 0) is 0 Å². The smallest absolute Gasteiger partial charge is 0.153 e. The molecule has 0 aliphatic carbocycles. The van der Waals surface area contributed by atoms with E-state index in [1.165, 1.54) is 12.1 Å². The van der Waals surface area contributed by atoms with Crippen LogP contribution in [0.2, 0.25) is 0 Å². The highest BCUT2D eigenvalue weighted by molar-refractivity contribution is 6.06. The van der Waals surface area contributed by atoms with Crippen LogP contribution in [0.15, 0.2) is 48.5 Å². The third kappa shape index (κ3) is 3.15. The van der Waals surface area contributed by atoms with E-state index >= 15 is 0 Å². The summed E-state index contributed by atoms with van der Waals surface area (Å²) < 4.78 is 18.8. The lowest BCUT2D eigenvalue weighted by molar-refractivity contribution is 0.415. The van der Waals surface area contributed by atoms with Gasteiger partial charge in [-0.3, -0.25) is 5.10 Å². The molecule has 6 nitrogen and oxygen atoms in total. The number of anilines is 3. The number of halogens is 1. The van der Waals surface area contributed by atoms with Gasteiger partial charge in [0.1, 0.15) is 23.2 Å². The van der Waals surface area contributed by atoms with Gasteiger partial charge in [-0.1, -0.05) is 12.1 Å². The summed E-state index contributed by atoms with van der Waals surface area (Å²) in [4.78, 5) is 4.54. The molecule has 7 heteroatoms. The standard InChI is InChI=1S/C20H18FN5O/c1-11-9-17(26-25-11)23-20-18(12-3-5-13(21)6-4-12)16-10-14(27-2)7-8-15(16)19(22)24-20/h3-10H,1-2H3,(H4,22,23,24,25,26). The number of nitrogens with one attached hydrogen (secondary N) is 2. The minimum absolute atomic E-state index is 0.304. The maximum Gasteiger partial charge on any atom is 0.153 e. The molecule has 0 aliphatic rings. The van der Waals surface area contributed by atoms with Gasteiger partial charge in [0.25, 0.3) is 0 Å². The van der Waals surface area contributed by atoms with E-state index in [0.717, 1.165) is 27.6 Å². The zero-order chi connectivity index (χ0) is 19.0. The third-order valence-corrected chi connectivity index (χ3v) is 4.33. The largest absolute Gasteiger partial charge is 0.497 e. The second-order valence-electron chi connectivity index (χ2n) is 6.20. The number of methoxy groups -OCH3 is 1. The van der Waals surface area contributed by atoms with Crippen LogP contribution in [0.25, 0.3) is 21.9 Å². The number of nitrogen functional groups attached to an aromatic ring is 1. The van der Waals surface area contributed by atoms with Crippen LogP contribution < -0.4 is 15.8 Å². The lowest BCUT2D eigenvalue weighted by Crippen LogP contribution is -2.02. The molecule has 4 aromatic rings. The second-order valence-corrected chi connectivity index (χ2v) is 6.20. The fourth-order valence-corrected chi connectivity index (χ4v) is 3.05. The van der Waals surface area contributed by atoms with Gasteiger partial charge < -0.3 is 15.8 Å². The molecule has 0 unspecified atom stereocenters. The highest BCUT2D eigenvalue weighted by Gasteiger charge is 2.16. The minimum Gasteiger partial charge on any atom is -0.497 e. The Labute approximate surface area is 155 Å². The van der Waals surface area contributed by atoms with Crippen molar-refractivity contribution in [3.8, 4) is 16.9 Å². The summed E-state index contributed by atoms with van der Waals surface area (Å²) in [5.41, 5.74) is 8.70. The van der Waals surface area contributed by atoms with E-state index in [1.807, 2.05) is 31.2 Å². The summed E-state index contributed by atoms with van der Waals surface area (Å²) in [7, 11) is 1.61. The topological polar surface area (TPSA) is 88.9 Å². The first-order valence-corrected chi connectivity index (χ1v) is 8.37.